The van der Waals surface area contributed by atoms with Gasteiger partial charge in [0.25, 0.3) is 5.56 Å². The van der Waals surface area contributed by atoms with Gasteiger partial charge in [-0.15, -0.1) is 0 Å². The molecule has 0 saturated heterocycles. The second-order valence-electron chi connectivity index (χ2n) is 3.05. The van der Waals surface area contributed by atoms with E-state index in [2.05, 4.69) is 9.97 Å². The molecule has 2 N–H and O–H groups in total. The summed E-state index contributed by atoms with van der Waals surface area (Å²) in [6.45, 7) is 5.32. The highest BCUT2D eigenvalue weighted by atomic mass is 16.3. The van der Waals surface area contributed by atoms with E-state index in [1.54, 1.807) is 0 Å². The van der Waals surface area contributed by atoms with Crippen LogP contribution in [-0.2, 0) is 0 Å². The Kier molecular flexibility index (Phi) is 2.17. The van der Waals surface area contributed by atoms with E-state index in [4.69, 9.17) is 0 Å². The molecule has 0 atom stereocenters. The van der Waals surface area contributed by atoms with Gasteiger partial charge in [0.2, 0.25) is 5.88 Å². The quantitative estimate of drug-likeness (QED) is 0.655. The minimum Gasteiger partial charge on any atom is -0.493 e. The van der Waals surface area contributed by atoms with Crippen LogP contribution in [0.5, 0.6) is 5.88 Å². The highest BCUT2D eigenvalue weighted by molar-refractivity contribution is 5.20. The number of nitrogens with zero attached hydrogens (tertiary/aromatic N) is 1. The van der Waals surface area contributed by atoms with Crippen LogP contribution < -0.4 is 5.56 Å². The lowest BCUT2D eigenvalue weighted by Gasteiger charge is -2.04. The van der Waals surface area contributed by atoms with E-state index in [0.717, 1.165) is 0 Å². The van der Waals surface area contributed by atoms with Gasteiger partial charge < -0.3 is 10.1 Å². The maximum atomic E-state index is 11.1. The average molecular weight is 168 g/mol. The Hall–Kier alpha value is -1.32. The first kappa shape index (κ1) is 8.77. The van der Waals surface area contributed by atoms with Crippen LogP contribution in [0.25, 0.3) is 0 Å². The first-order valence-electron chi connectivity index (χ1n) is 3.82. The van der Waals surface area contributed by atoms with Crippen molar-refractivity contribution in [3.8, 4) is 5.88 Å². The largest absolute Gasteiger partial charge is 0.493 e. The molecule has 12 heavy (non-hydrogen) atoms. The summed E-state index contributed by atoms with van der Waals surface area (Å²) in [5.74, 6) is 0.453. The van der Waals surface area contributed by atoms with Crippen LogP contribution in [0.15, 0.2) is 4.79 Å². The van der Waals surface area contributed by atoms with Crippen LogP contribution >= 0.6 is 0 Å². The number of rotatable bonds is 1. The van der Waals surface area contributed by atoms with Gasteiger partial charge in [0.15, 0.2) is 0 Å². The van der Waals surface area contributed by atoms with Crippen molar-refractivity contribution < 1.29 is 5.11 Å². The van der Waals surface area contributed by atoms with Gasteiger partial charge >= 0.3 is 0 Å². The Balaban J connectivity index is 3.31. The van der Waals surface area contributed by atoms with Crippen molar-refractivity contribution >= 4 is 0 Å². The lowest BCUT2D eigenvalue weighted by atomic mass is 10.2. The second-order valence-corrected chi connectivity index (χ2v) is 3.05. The monoisotopic (exact) mass is 168 g/mol. The smallest absolute Gasteiger partial charge is 0.257 e. The standard InChI is InChI=1S/C8H12N2O2/c1-4(2)6-9-7(11)5(3)8(12)10-6/h4H,1-3H3,(H2,9,10,11,12). The Morgan fingerprint density at radius 1 is 1.50 bits per heavy atom. The van der Waals surface area contributed by atoms with Crippen molar-refractivity contribution in [3.05, 3.63) is 21.7 Å². The molecule has 4 nitrogen and oxygen atoms in total. The minimum absolute atomic E-state index is 0.115. The second kappa shape index (κ2) is 2.97. The van der Waals surface area contributed by atoms with Gasteiger partial charge in [-0.3, -0.25) is 4.79 Å². The number of aromatic hydroxyl groups is 1. The van der Waals surface area contributed by atoms with Gasteiger partial charge in [-0.2, -0.15) is 4.98 Å². The predicted octanol–water partition coefficient (Wildman–Crippen LogP) is 0.907. The van der Waals surface area contributed by atoms with Crippen LogP contribution in [0.1, 0.15) is 31.2 Å². The van der Waals surface area contributed by atoms with Gasteiger partial charge in [-0.05, 0) is 6.92 Å². The summed E-state index contributed by atoms with van der Waals surface area (Å²) in [6.07, 6.45) is 0. The summed E-state index contributed by atoms with van der Waals surface area (Å²) in [6, 6.07) is 0. The van der Waals surface area contributed by atoms with Crippen LogP contribution in [0, 0.1) is 6.92 Å². The fraction of sp³-hybridized carbons (Fsp3) is 0.500. The molecular formula is C8H12N2O2. The number of aromatic amines is 1. The molecule has 4 heteroatoms. The molecule has 0 aliphatic rings. The minimum atomic E-state index is -0.272. The highest BCUT2D eigenvalue weighted by Gasteiger charge is 2.07. The molecule has 0 saturated carbocycles. The SMILES string of the molecule is Cc1c(O)nc(C(C)C)[nH]c1=O. The third-order valence-corrected chi connectivity index (χ3v) is 1.69. The van der Waals surface area contributed by atoms with Crippen molar-refractivity contribution in [1.82, 2.24) is 9.97 Å². The van der Waals surface area contributed by atoms with E-state index < -0.39 is 0 Å². The van der Waals surface area contributed by atoms with Crippen molar-refractivity contribution in [1.29, 1.82) is 0 Å². The summed E-state index contributed by atoms with van der Waals surface area (Å²) in [7, 11) is 0. The number of hydrogen-bond acceptors (Lipinski definition) is 3. The number of aromatic nitrogens is 2. The molecule has 0 spiro atoms. The molecular weight excluding hydrogens is 156 g/mol. The van der Waals surface area contributed by atoms with E-state index >= 15 is 0 Å². The van der Waals surface area contributed by atoms with Crippen LogP contribution in [-0.4, -0.2) is 15.1 Å². The Labute approximate surface area is 70.3 Å². The van der Waals surface area contributed by atoms with Gasteiger partial charge in [0, 0.05) is 5.92 Å². The fourth-order valence-corrected chi connectivity index (χ4v) is 0.811. The number of H-pyrrole nitrogens is 1. The molecule has 0 aromatic carbocycles. The van der Waals surface area contributed by atoms with Gasteiger partial charge in [-0.25, -0.2) is 0 Å². The van der Waals surface area contributed by atoms with E-state index in [0.29, 0.717) is 5.82 Å². The van der Waals surface area contributed by atoms with Crippen LogP contribution in [0.4, 0.5) is 0 Å². The lowest BCUT2D eigenvalue weighted by Crippen LogP contribution is -2.14. The van der Waals surface area contributed by atoms with Gasteiger partial charge in [0.05, 0.1) is 5.56 Å². The number of nitrogens with one attached hydrogen (secondary N) is 1. The molecule has 66 valence electrons. The zero-order valence-electron chi connectivity index (χ0n) is 7.38. The molecule has 0 fully saturated rings. The highest BCUT2D eigenvalue weighted by Crippen LogP contribution is 2.12. The Bertz CT molecular complexity index is 341. The van der Waals surface area contributed by atoms with E-state index in [1.165, 1.54) is 6.92 Å². The molecule has 0 aliphatic heterocycles. The fourth-order valence-electron chi connectivity index (χ4n) is 0.811. The lowest BCUT2D eigenvalue weighted by molar-refractivity contribution is 0.441. The molecule has 0 unspecified atom stereocenters. The number of hydrogen-bond donors (Lipinski definition) is 2. The van der Waals surface area contributed by atoms with Crippen molar-refractivity contribution in [2.75, 3.05) is 0 Å². The predicted molar refractivity (Wildman–Crippen MR) is 45.3 cm³/mol. The molecule has 1 rings (SSSR count). The van der Waals surface area contributed by atoms with Crippen LogP contribution in [0.2, 0.25) is 0 Å². The molecule has 0 bridgehead atoms. The first-order valence-corrected chi connectivity index (χ1v) is 3.82. The zero-order chi connectivity index (χ0) is 9.30. The van der Waals surface area contributed by atoms with E-state index in [1.807, 2.05) is 13.8 Å². The third kappa shape index (κ3) is 1.47. The maximum absolute atomic E-state index is 11.1. The topological polar surface area (TPSA) is 66.0 Å². The molecule has 1 heterocycles. The van der Waals surface area contributed by atoms with E-state index in [9.17, 15) is 9.90 Å². The average Bonchev–Trinajstić information content (AvgIpc) is 1.99. The van der Waals surface area contributed by atoms with E-state index in [-0.39, 0.29) is 22.9 Å². The van der Waals surface area contributed by atoms with Crippen molar-refractivity contribution in [2.24, 2.45) is 0 Å². The summed E-state index contributed by atoms with van der Waals surface area (Å²) in [4.78, 5) is 17.5. The van der Waals surface area contributed by atoms with Crippen LogP contribution in [0.3, 0.4) is 0 Å². The van der Waals surface area contributed by atoms with Gasteiger partial charge in [0.1, 0.15) is 5.82 Å². The molecule has 1 aromatic heterocycles. The summed E-state index contributed by atoms with van der Waals surface area (Å²) in [5.41, 5.74) is -0.00870. The molecule has 1 aromatic rings. The Morgan fingerprint density at radius 2 is 2.08 bits per heavy atom. The Morgan fingerprint density at radius 3 is 2.50 bits per heavy atom. The van der Waals surface area contributed by atoms with Crippen molar-refractivity contribution in [3.63, 3.8) is 0 Å². The summed E-state index contributed by atoms with van der Waals surface area (Å²) >= 11 is 0. The third-order valence-electron chi connectivity index (χ3n) is 1.69. The summed E-state index contributed by atoms with van der Waals surface area (Å²) < 4.78 is 0. The maximum Gasteiger partial charge on any atom is 0.257 e. The summed E-state index contributed by atoms with van der Waals surface area (Å²) in [5, 5.41) is 9.20. The van der Waals surface area contributed by atoms with Gasteiger partial charge in [-0.1, -0.05) is 13.8 Å². The zero-order valence-corrected chi connectivity index (χ0v) is 7.38. The molecule has 0 aliphatic carbocycles. The molecule has 0 radical (unpaired) electrons. The normalized spacial score (nSPS) is 10.7. The first-order chi connectivity index (χ1) is 5.52. The van der Waals surface area contributed by atoms with Crippen molar-refractivity contribution in [2.45, 2.75) is 26.7 Å². The molecule has 0 amide bonds.